The highest BCUT2D eigenvalue weighted by atomic mass is 32.2. The Morgan fingerprint density at radius 1 is 1.37 bits per heavy atom. The zero-order valence-electron chi connectivity index (χ0n) is 19.7. The van der Waals surface area contributed by atoms with Crippen molar-refractivity contribution in [1.29, 1.82) is 0 Å². The minimum Gasteiger partial charge on any atom is -0.543 e. The summed E-state index contributed by atoms with van der Waals surface area (Å²) in [5, 5.41) is 19.5. The molecule has 14 nitrogen and oxygen atoms in total. The third-order valence-electron chi connectivity index (χ3n) is 5.97. The molecule has 5 N–H and O–H groups in total. The van der Waals surface area contributed by atoms with Gasteiger partial charge in [0, 0.05) is 22.8 Å². The van der Waals surface area contributed by atoms with Crippen LogP contribution in [0, 0.1) is 0 Å². The fourth-order valence-electron chi connectivity index (χ4n) is 4.36. The summed E-state index contributed by atoms with van der Waals surface area (Å²) in [7, 11) is 1.26. The molecule has 16 heteroatoms. The number of nitrogen functional groups attached to an aromatic ring is 1. The van der Waals surface area contributed by atoms with Gasteiger partial charge < -0.3 is 31.5 Å². The molecule has 2 atom stereocenters. The molecule has 0 bridgehead atoms. The van der Waals surface area contributed by atoms with E-state index in [9.17, 15) is 24.3 Å². The maximum Gasteiger partial charge on any atom is 0.292 e. The first kappa shape index (κ1) is 25.2. The summed E-state index contributed by atoms with van der Waals surface area (Å²) in [6.07, 6.45) is 3.19. The highest BCUT2D eigenvalue weighted by Gasteiger charge is 2.53. The second-order valence-electron chi connectivity index (χ2n) is 8.23. The number of primary amides is 1. The predicted octanol–water partition coefficient (Wildman–Crippen LogP) is -2.18. The van der Waals surface area contributed by atoms with Crippen LogP contribution in [0.15, 0.2) is 52.4 Å². The van der Waals surface area contributed by atoms with Gasteiger partial charge in [-0.1, -0.05) is 11.2 Å². The maximum absolute atomic E-state index is 13.1. The number of nitrogens with one attached hydrogen (secondary N) is 1. The lowest BCUT2D eigenvalue weighted by molar-refractivity contribution is -0.513. The Bertz CT molecular complexity index is 1560. The zero-order chi connectivity index (χ0) is 27.1. The second-order valence-corrected chi connectivity index (χ2v) is 10.2. The predicted molar refractivity (Wildman–Crippen MR) is 133 cm³/mol. The van der Waals surface area contributed by atoms with Gasteiger partial charge >= 0.3 is 0 Å². The zero-order valence-corrected chi connectivity index (χ0v) is 21.3. The second kappa shape index (κ2) is 9.79. The van der Waals surface area contributed by atoms with Gasteiger partial charge in [0.1, 0.15) is 37.0 Å². The molecule has 196 valence electrons. The fourth-order valence-corrected chi connectivity index (χ4v) is 6.24. The number of nitrogens with zero attached hydrogens (tertiary/aromatic N) is 5. The molecule has 0 unspecified atom stereocenters. The number of thioether (sulfide) groups is 1. The van der Waals surface area contributed by atoms with Gasteiger partial charge in [0.15, 0.2) is 10.8 Å². The van der Waals surface area contributed by atoms with Crippen LogP contribution in [-0.2, 0) is 25.8 Å². The number of anilines is 1. The average Bonchev–Trinajstić information content (AvgIpc) is 3.49. The molecule has 0 saturated carbocycles. The quantitative estimate of drug-likeness (QED) is 0.119. The molecule has 3 amide bonds. The number of aliphatic carboxylic acids is 1. The van der Waals surface area contributed by atoms with Crippen molar-refractivity contribution in [2.75, 3.05) is 18.6 Å². The third kappa shape index (κ3) is 4.22. The molecule has 5 rings (SSSR count). The summed E-state index contributed by atoms with van der Waals surface area (Å²) < 4.78 is 3.27. The molecule has 0 radical (unpaired) electrons. The Labute approximate surface area is 222 Å². The molecule has 1 fully saturated rings. The molecule has 0 spiro atoms. The number of carboxylic acid groups (broad SMARTS) is 1. The average molecular weight is 557 g/mol. The Hall–Kier alpha value is -4.44. The number of oxime groups is 1. The van der Waals surface area contributed by atoms with Gasteiger partial charge in [0.2, 0.25) is 5.69 Å². The van der Waals surface area contributed by atoms with E-state index < -0.39 is 35.1 Å². The molecule has 38 heavy (non-hydrogen) atoms. The van der Waals surface area contributed by atoms with Crippen molar-refractivity contribution in [3.05, 3.63) is 58.6 Å². The summed E-state index contributed by atoms with van der Waals surface area (Å²) >= 11 is 2.39. The lowest BCUT2D eigenvalue weighted by atomic mass is 10.0. The first-order valence-electron chi connectivity index (χ1n) is 11.0. The molecular formula is C22H20N8O6S2. The van der Waals surface area contributed by atoms with E-state index in [0.717, 1.165) is 16.2 Å². The molecule has 1 saturated heterocycles. The molecule has 0 aliphatic carbocycles. The van der Waals surface area contributed by atoms with Crippen LogP contribution in [0.2, 0.25) is 0 Å². The molecular weight excluding hydrogens is 536 g/mol. The molecule has 5 heterocycles. The van der Waals surface area contributed by atoms with Crippen LogP contribution in [-0.4, -0.2) is 68.1 Å². The summed E-state index contributed by atoms with van der Waals surface area (Å²) in [6, 6.07) is 4.24. The number of carbonyl (C=O) groups is 4. The number of thiazole rings is 1. The van der Waals surface area contributed by atoms with Gasteiger partial charge in [-0.3, -0.25) is 19.3 Å². The van der Waals surface area contributed by atoms with Crippen molar-refractivity contribution in [2.45, 2.75) is 18.0 Å². The largest absolute Gasteiger partial charge is 0.543 e. The first-order chi connectivity index (χ1) is 18.2. The number of hydrogen-bond donors (Lipinski definition) is 3. The van der Waals surface area contributed by atoms with Crippen LogP contribution in [0.4, 0.5) is 5.13 Å². The molecule has 3 aromatic heterocycles. The Balaban J connectivity index is 1.40. The number of rotatable bonds is 8. The highest BCUT2D eigenvalue weighted by Crippen LogP contribution is 2.40. The van der Waals surface area contributed by atoms with Crippen LogP contribution in [0.25, 0.3) is 5.65 Å². The Morgan fingerprint density at radius 3 is 2.82 bits per heavy atom. The van der Waals surface area contributed by atoms with E-state index in [4.69, 9.17) is 16.3 Å². The minimum absolute atomic E-state index is 0.0700. The van der Waals surface area contributed by atoms with E-state index in [1.165, 1.54) is 30.4 Å². The van der Waals surface area contributed by atoms with Gasteiger partial charge in [0.25, 0.3) is 23.4 Å². The number of imidazole rings is 1. The van der Waals surface area contributed by atoms with Gasteiger partial charge in [0.05, 0.1) is 17.9 Å². The number of hydrogen-bond acceptors (Lipinski definition) is 11. The number of pyridine rings is 1. The normalized spacial score (nSPS) is 19.2. The van der Waals surface area contributed by atoms with Crippen LogP contribution < -0.4 is 26.3 Å². The number of fused-ring (bicyclic) bond motifs is 2. The molecule has 3 aromatic rings. The number of β-lactam (4-membered cyclic amide) rings is 1. The van der Waals surface area contributed by atoms with E-state index in [2.05, 4.69) is 15.5 Å². The number of nitrogens with two attached hydrogens (primary N) is 2. The monoisotopic (exact) mass is 556 g/mol. The topological polar surface area (TPSA) is 202 Å². The number of aromatic nitrogens is 3. The SMILES string of the molecule is CO/N=C(\C(=O)N[C@@H]1C(=O)N2C(C(=O)[O-])=C(Cn3cc(C(N)=O)[n+]4ccccc34)CS[C@@H]12)c1csc(N)n1. The lowest BCUT2D eigenvalue weighted by Crippen LogP contribution is -2.71. The van der Waals surface area contributed by atoms with Gasteiger partial charge in [-0.15, -0.1) is 23.1 Å². The smallest absolute Gasteiger partial charge is 0.292 e. The van der Waals surface area contributed by atoms with Gasteiger partial charge in [-0.2, -0.15) is 4.40 Å². The van der Waals surface area contributed by atoms with Gasteiger partial charge in [-0.25, -0.2) is 9.55 Å². The Morgan fingerprint density at radius 2 is 2.16 bits per heavy atom. The minimum atomic E-state index is -1.53. The van der Waals surface area contributed by atoms with Gasteiger partial charge in [-0.05, 0) is 6.07 Å². The fraction of sp³-hybridized carbons (Fsp3) is 0.227. The summed E-state index contributed by atoms with van der Waals surface area (Å²) in [6.45, 7) is 0.0700. The number of amides is 3. The van der Waals surface area contributed by atoms with Crippen molar-refractivity contribution in [2.24, 2.45) is 10.9 Å². The first-order valence-corrected chi connectivity index (χ1v) is 12.9. The van der Waals surface area contributed by atoms with Crippen molar-refractivity contribution in [3.8, 4) is 0 Å². The highest BCUT2D eigenvalue weighted by molar-refractivity contribution is 8.00. The summed E-state index contributed by atoms with van der Waals surface area (Å²) in [4.78, 5) is 59.9. The lowest BCUT2D eigenvalue weighted by Gasteiger charge is -2.50. The van der Waals surface area contributed by atoms with E-state index >= 15 is 0 Å². The van der Waals surface area contributed by atoms with Crippen molar-refractivity contribution in [1.82, 2.24) is 19.8 Å². The summed E-state index contributed by atoms with van der Waals surface area (Å²) in [5.41, 5.74) is 12.1. The molecule has 0 aromatic carbocycles. The van der Waals surface area contributed by atoms with Crippen molar-refractivity contribution in [3.63, 3.8) is 0 Å². The summed E-state index contributed by atoms with van der Waals surface area (Å²) in [5.74, 6) is -3.29. The maximum atomic E-state index is 13.1. The number of carbonyl (C=O) groups excluding carboxylic acids is 4. The van der Waals surface area contributed by atoms with Crippen LogP contribution in [0.3, 0.4) is 0 Å². The third-order valence-corrected chi connectivity index (χ3v) is 7.99. The standard InChI is InChI=1S/C22H20N8O6S2/c1-36-27-14(11-9-38-22(24)25-11)18(32)26-15-19(33)30-16(21(34)35)10(8-37-20(15)30)6-28-7-12(17(23)31)29-5-3-2-4-13(28)29/h2-5,7,9,15,20H,6,8H2,1H3,(H5-,23,24,25,26,31,32,34,35)/b27-14-/t15-,20+/m1/s1. The van der Waals surface area contributed by atoms with E-state index in [0.29, 0.717) is 11.2 Å². The molecule has 2 aliphatic rings. The van der Waals surface area contributed by atoms with E-state index in [1.807, 2.05) is 0 Å². The van der Waals surface area contributed by atoms with E-state index in [1.54, 1.807) is 33.4 Å². The Kier molecular flexibility index (Phi) is 6.50. The number of carboxylic acids is 1. The van der Waals surface area contributed by atoms with Crippen LogP contribution >= 0.6 is 23.1 Å². The van der Waals surface area contributed by atoms with Crippen molar-refractivity contribution < 1.29 is 33.5 Å². The van der Waals surface area contributed by atoms with Crippen LogP contribution in [0.5, 0.6) is 0 Å². The van der Waals surface area contributed by atoms with E-state index in [-0.39, 0.29) is 40.2 Å². The molecule has 2 aliphatic heterocycles. The van der Waals surface area contributed by atoms with Crippen LogP contribution in [0.1, 0.15) is 16.2 Å². The van der Waals surface area contributed by atoms with Crippen molar-refractivity contribution >= 4 is 63.3 Å².